The van der Waals surface area contributed by atoms with Crippen LogP contribution in [0.25, 0.3) is 10.8 Å². The summed E-state index contributed by atoms with van der Waals surface area (Å²) in [5.74, 6) is 0.894. The fraction of sp³-hybridized carbons (Fsp3) is 0.400. The number of pyridine rings is 1. The lowest BCUT2D eigenvalue weighted by molar-refractivity contribution is 0.252. The van der Waals surface area contributed by atoms with E-state index in [1.807, 2.05) is 24.4 Å². The fourth-order valence-corrected chi connectivity index (χ4v) is 2.08. The Hall–Kier alpha value is -1.61. The van der Waals surface area contributed by atoms with Gasteiger partial charge in [-0.15, -0.1) is 0 Å². The zero-order valence-corrected chi connectivity index (χ0v) is 11.0. The van der Waals surface area contributed by atoms with Crippen molar-refractivity contribution in [2.24, 2.45) is 0 Å². The Bertz CT molecular complexity index is 521. The van der Waals surface area contributed by atoms with Crippen molar-refractivity contribution in [3.63, 3.8) is 0 Å². The summed E-state index contributed by atoms with van der Waals surface area (Å²) in [4.78, 5) is 4.43. The van der Waals surface area contributed by atoms with Gasteiger partial charge in [-0.3, -0.25) is 0 Å². The van der Waals surface area contributed by atoms with Crippen LogP contribution in [-0.2, 0) is 0 Å². The van der Waals surface area contributed by atoms with Crippen LogP contribution in [0.2, 0.25) is 0 Å². The quantitative estimate of drug-likeness (QED) is 0.849. The highest BCUT2D eigenvalue weighted by Gasteiger charge is 2.22. The number of aliphatic hydroxyl groups excluding tert-OH is 1. The van der Waals surface area contributed by atoms with Crippen LogP contribution < -0.4 is 5.32 Å². The maximum absolute atomic E-state index is 9.16. The average Bonchev–Trinajstić information content (AvgIpc) is 2.39. The van der Waals surface area contributed by atoms with Gasteiger partial charge in [0.2, 0.25) is 0 Å². The molecule has 0 bridgehead atoms. The van der Waals surface area contributed by atoms with E-state index in [4.69, 9.17) is 5.11 Å². The molecular weight excluding hydrogens is 224 g/mol. The zero-order chi connectivity index (χ0) is 13.0. The molecule has 2 aromatic rings. The molecule has 0 saturated heterocycles. The molecule has 1 atom stereocenters. The summed E-state index contributed by atoms with van der Waals surface area (Å²) in [5, 5.41) is 14.9. The molecule has 96 valence electrons. The van der Waals surface area contributed by atoms with Crippen LogP contribution in [0.3, 0.4) is 0 Å². The first-order chi connectivity index (χ1) is 8.68. The lowest BCUT2D eigenvalue weighted by atomic mass is 9.94. The lowest BCUT2D eigenvalue weighted by Gasteiger charge is -2.30. The van der Waals surface area contributed by atoms with Gasteiger partial charge < -0.3 is 10.4 Å². The van der Waals surface area contributed by atoms with E-state index >= 15 is 0 Å². The van der Waals surface area contributed by atoms with E-state index in [9.17, 15) is 0 Å². The molecule has 1 heterocycles. The Kier molecular flexibility index (Phi) is 3.82. The molecule has 2 N–H and O–H groups in total. The Morgan fingerprint density at radius 1 is 1.28 bits per heavy atom. The normalized spacial score (nSPS) is 14.4. The summed E-state index contributed by atoms with van der Waals surface area (Å²) in [6.07, 6.45) is 3.48. The van der Waals surface area contributed by atoms with Crippen LogP contribution in [0, 0.1) is 0 Å². The summed E-state index contributed by atoms with van der Waals surface area (Å²) >= 11 is 0. The van der Waals surface area contributed by atoms with E-state index in [1.165, 1.54) is 5.39 Å². The van der Waals surface area contributed by atoms with Crippen molar-refractivity contribution in [2.75, 3.05) is 11.9 Å². The van der Waals surface area contributed by atoms with Crippen LogP contribution >= 0.6 is 0 Å². The maximum Gasteiger partial charge on any atom is 0.134 e. The number of hydrogen-bond donors (Lipinski definition) is 2. The van der Waals surface area contributed by atoms with Crippen molar-refractivity contribution in [1.82, 2.24) is 4.98 Å². The van der Waals surface area contributed by atoms with Gasteiger partial charge in [-0.1, -0.05) is 31.2 Å². The summed E-state index contributed by atoms with van der Waals surface area (Å²) in [5.41, 5.74) is -0.119. The minimum Gasteiger partial charge on any atom is -0.396 e. The SMILES string of the molecule is CCC(C)(CCO)Nc1nccc2ccccc12. The van der Waals surface area contributed by atoms with Gasteiger partial charge in [-0.05, 0) is 31.2 Å². The second-order valence-corrected chi connectivity index (χ2v) is 4.89. The van der Waals surface area contributed by atoms with Gasteiger partial charge in [0.05, 0.1) is 0 Å². The van der Waals surface area contributed by atoms with Crippen molar-refractivity contribution in [3.05, 3.63) is 36.5 Å². The number of nitrogens with zero attached hydrogens (tertiary/aromatic N) is 1. The number of rotatable bonds is 5. The lowest BCUT2D eigenvalue weighted by Crippen LogP contribution is -2.35. The standard InChI is InChI=1S/C15H20N2O/c1-3-15(2,9-11-18)17-14-13-7-5-4-6-12(13)8-10-16-14/h4-8,10,18H,3,9,11H2,1-2H3,(H,16,17). The molecule has 1 unspecified atom stereocenters. The minimum atomic E-state index is -0.119. The maximum atomic E-state index is 9.16. The number of aromatic nitrogens is 1. The van der Waals surface area contributed by atoms with E-state index in [0.29, 0.717) is 6.42 Å². The van der Waals surface area contributed by atoms with E-state index in [-0.39, 0.29) is 12.1 Å². The molecule has 0 aliphatic rings. The predicted octanol–water partition coefficient (Wildman–Crippen LogP) is 3.20. The second kappa shape index (κ2) is 5.36. The van der Waals surface area contributed by atoms with Crippen molar-refractivity contribution < 1.29 is 5.11 Å². The Labute approximate surface area is 108 Å². The van der Waals surface area contributed by atoms with Crippen LogP contribution in [0.15, 0.2) is 36.5 Å². The number of benzene rings is 1. The van der Waals surface area contributed by atoms with E-state index < -0.39 is 0 Å². The third kappa shape index (κ3) is 2.62. The minimum absolute atomic E-state index is 0.119. The molecule has 2 rings (SSSR count). The van der Waals surface area contributed by atoms with Gasteiger partial charge in [-0.25, -0.2) is 4.98 Å². The molecule has 0 amide bonds. The Morgan fingerprint density at radius 2 is 2.06 bits per heavy atom. The summed E-state index contributed by atoms with van der Waals surface area (Å²) in [6.45, 7) is 4.42. The smallest absolute Gasteiger partial charge is 0.134 e. The van der Waals surface area contributed by atoms with Crippen LogP contribution in [0.5, 0.6) is 0 Å². The molecule has 18 heavy (non-hydrogen) atoms. The highest BCUT2D eigenvalue weighted by Crippen LogP contribution is 2.26. The molecule has 0 fully saturated rings. The van der Waals surface area contributed by atoms with Crippen LogP contribution in [-0.4, -0.2) is 22.2 Å². The second-order valence-electron chi connectivity index (χ2n) is 4.89. The predicted molar refractivity (Wildman–Crippen MR) is 75.8 cm³/mol. The van der Waals surface area contributed by atoms with Crippen LogP contribution in [0.1, 0.15) is 26.7 Å². The summed E-state index contributed by atoms with van der Waals surface area (Å²) < 4.78 is 0. The largest absolute Gasteiger partial charge is 0.396 e. The summed E-state index contributed by atoms with van der Waals surface area (Å²) in [6, 6.07) is 10.2. The molecule has 3 nitrogen and oxygen atoms in total. The van der Waals surface area contributed by atoms with Crippen molar-refractivity contribution in [3.8, 4) is 0 Å². The van der Waals surface area contributed by atoms with E-state index in [2.05, 4.69) is 36.3 Å². The first-order valence-corrected chi connectivity index (χ1v) is 6.41. The highest BCUT2D eigenvalue weighted by atomic mass is 16.3. The van der Waals surface area contributed by atoms with Gasteiger partial charge in [0.15, 0.2) is 0 Å². The molecule has 0 aliphatic heterocycles. The van der Waals surface area contributed by atoms with Gasteiger partial charge in [0.25, 0.3) is 0 Å². The van der Waals surface area contributed by atoms with Gasteiger partial charge in [0.1, 0.15) is 5.82 Å². The number of hydrogen-bond acceptors (Lipinski definition) is 3. The van der Waals surface area contributed by atoms with Crippen molar-refractivity contribution >= 4 is 16.6 Å². The fourth-order valence-electron chi connectivity index (χ4n) is 2.08. The topological polar surface area (TPSA) is 45.1 Å². The Balaban J connectivity index is 2.36. The molecule has 1 aromatic heterocycles. The van der Waals surface area contributed by atoms with Gasteiger partial charge in [-0.2, -0.15) is 0 Å². The molecule has 0 radical (unpaired) electrons. The van der Waals surface area contributed by atoms with E-state index in [0.717, 1.165) is 17.6 Å². The van der Waals surface area contributed by atoms with Crippen LogP contribution in [0.4, 0.5) is 5.82 Å². The third-order valence-corrected chi connectivity index (χ3v) is 3.54. The number of aliphatic hydroxyl groups is 1. The molecule has 0 saturated carbocycles. The van der Waals surface area contributed by atoms with E-state index in [1.54, 1.807) is 0 Å². The molecule has 0 aliphatic carbocycles. The average molecular weight is 244 g/mol. The first-order valence-electron chi connectivity index (χ1n) is 6.41. The number of fused-ring (bicyclic) bond motifs is 1. The molecule has 1 aromatic carbocycles. The highest BCUT2D eigenvalue weighted by molar-refractivity contribution is 5.91. The number of nitrogens with one attached hydrogen (secondary N) is 1. The first kappa shape index (κ1) is 12.8. The Morgan fingerprint density at radius 3 is 2.78 bits per heavy atom. The monoisotopic (exact) mass is 244 g/mol. The summed E-state index contributed by atoms with van der Waals surface area (Å²) in [7, 11) is 0. The zero-order valence-electron chi connectivity index (χ0n) is 11.0. The van der Waals surface area contributed by atoms with Crippen molar-refractivity contribution in [2.45, 2.75) is 32.2 Å². The molecular formula is C15H20N2O. The van der Waals surface area contributed by atoms with Crippen molar-refractivity contribution in [1.29, 1.82) is 0 Å². The number of anilines is 1. The van der Waals surface area contributed by atoms with Gasteiger partial charge in [0, 0.05) is 23.7 Å². The molecule has 0 spiro atoms. The molecule has 3 heteroatoms. The third-order valence-electron chi connectivity index (χ3n) is 3.54. The van der Waals surface area contributed by atoms with Gasteiger partial charge >= 0.3 is 0 Å².